The molecule has 5 nitrogen and oxygen atoms in total. The fraction of sp³-hybridized carbons (Fsp3) is 0.286. The summed E-state index contributed by atoms with van der Waals surface area (Å²) in [5.41, 5.74) is 0.854. The quantitative estimate of drug-likeness (QED) is 0.890. The summed E-state index contributed by atoms with van der Waals surface area (Å²) in [6.45, 7) is 0.695. The number of carbonyl (C=O) groups is 1. The molecule has 1 aromatic carbocycles. The molecule has 1 aromatic heterocycles. The minimum absolute atomic E-state index is 0.109. The summed E-state index contributed by atoms with van der Waals surface area (Å²) in [5.74, 6) is 1.15. The maximum absolute atomic E-state index is 11.6. The zero-order valence-corrected chi connectivity index (χ0v) is 10.7. The predicted octanol–water partition coefficient (Wildman–Crippen LogP) is 1.66. The molecule has 0 bridgehead atoms. The van der Waals surface area contributed by atoms with Gasteiger partial charge in [0.2, 0.25) is 5.91 Å². The zero-order valence-electron chi connectivity index (χ0n) is 10.7. The van der Waals surface area contributed by atoms with Crippen molar-refractivity contribution in [2.24, 2.45) is 0 Å². The Labute approximate surface area is 111 Å². The van der Waals surface area contributed by atoms with Crippen molar-refractivity contribution in [2.45, 2.75) is 12.5 Å². The Morgan fingerprint density at radius 3 is 2.95 bits per heavy atom. The van der Waals surface area contributed by atoms with Crippen LogP contribution in [0.5, 0.6) is 5.75 Å². The summed E-state index contributed by atoms with van der Waals surface area (Å²) >= 11 is 0. The maximum atomic E-state index is 11.6. The van der Waals surface area contributed by atoms with Crippen molar-refractivity contribution in [2.75, 3.05) is 13.6 Å². The Morgan fingerprint density at radius 2 is 2.26 bits per heavy atom. The van der Waals surface area contributed by atoms with E-state index in [-0.39, 0.29) is 17.7 Å². The predicted molar refractivity (Wildman–Crippen MR) is 70.6 cm³/mol. The number of benzene rings is 1. The minimum Gasteiger partial charge on any atom is -0.508 e. The van der Waals surface area contributed by atoms with E-state index in [0.29, 0.717) is 13.0 Å². The molecule has 0 spiro atoms. The summed E-state index contributed by atoms with van der Waals surface area (Å²) in [7, 11) is 1.81. The van der Waals surface area contributed by atoms with E-state index < -0.39 is 0 Å². The molecule has 1 aliphatic rings. The van der Waals surface area contributed by atoms with E-state index in [1.807, 2.05) is 23.9 Å². The summed E-state index contributed by atoms with van der Waals surface area (Å²) in [6, 6.07) is 7.11. The molecule has 2 aromatic rings. The first-order valence-corrected chi connectivity index (χ1v) is 6.21. The van der Waals surface area contributed by atoms with E-state index in [1.54, 1.807) is 29.3 Å². The highest BCUT2D eigenvalue weighted by Crippen LogP contribution is 2.28. The molecule has 1 N–H and O–H groups in total. The van der Waals surface area contributed by atoms with Crippen molar-refractivity contribution in [3.05, 3.63) is 36.7 Å². The van der Waals surface area contributed by atoms with E-state index in [0.717, 1.165) is 11.4 Å². The van der Waals surface area contributed by atoms with Crippen molar-refractivity contribution < 1.29 is 9.90 Å². The molecule has 2 heterocycles. The van der Waals surface area contributed by atoms with Gasteiger partial charge in [0.25, 0.3) is 0 Å². The number of imidazole rings is 1. The normalized spacial score (nSPS) is 19.1. The summed E-state index contributed by atoms with van der Waals surface area (Å²) in [4.78, 5) is 17.7. The average molecular weight is 257 g/mol. The number of hydrogen-bond donors (Lipinski definition) is 1. The SMILES string of the molecule is CN1CC(n2ccnc2-c2cccc(O)c2)CC1=O. The lowest BCUT2D eigenvalue weighted by molar-refractivity contribution is -0.126. The minimum atomic E-state index is 0.109. The Morgan fingerprint density at radius 1 is 1.42 bits per heavy atom. The summed E-state index contributed by atoms with van der Waals surface area (Å²) < 4.78 is 2.01. The van der Waals surface area contributed by atoms with Crippen LogP contribution in [0.3, 0.4) is 0 Å². The molecule has 0 aliphatic carbocycles. The van der Waals surface area contributed by atoms with Gasteiger partial charge in [0.05, 0.1) is 6.04 Å². The molecular formula is C14H15N3O2. The van der Waals surface area contributed by atoms with Crippen LogP contribution in [0, 0.1) is 0 Å². The van der Waals surface area contributed by atoms with Crippen LogP contribution in [-0.4, -0.2) is 39.1 Å². The topological polar surface area (TPSA) is 58.4 Å². The highest BCUT2D eigenvalue weighted by Gasteiger charge is 2.29. The zero-order chi connectivity index (χ0) is 13.4. The molecule has 98 valence electrons. The van der Waals surface area contributed by atoms with Crippen LogP contribution in [-0.2, 0) is 4.79 Å². The molecule has 3 rings (SSSR count). The Hall–Kier alpha value is -2.30. The maximum Gasteiger partial charge on any atom is 0.224 e. The largest absolute Gasteiger partial charge is 0.508 e. The number of hydrogen-bond acceptors (Lipinski definition) is 3. The van der Waals surface area contributed by atoms with Crippen molar-refractivity contribution >= 4 is 5.91 Å². The Bertz CT molecular complexity index is 621. The third-order valence-electron chi connectivity index (χ3n) is 3.49. The van der Waals surface area contributed by atoms with Gasteiger partial charge in [0.1, 0.15) is 11.6 Å². The number of likely N-dealkylation sites (tertiary alicyclic amines) is 1. The van der Waals surface area contributed by atoms with Crippen molar-refractivity contribution in [1.82, 2.24) is 14.5 Å². The van der Waals surface area contributed by atoms with Gasteiger partial charge in [0.15, 0.2) is 0 Å². The Kier molecular flexibility index (Phi) is 2.74. The molecule has 1 aliphatic heterocycles. The van der Waals surface area contributed by atoms with Gasteiger partial charge < -0.3 is 14.6 Å². The highest BCUT2D eigenvalue weighted by molar-refractivity contribution is 5.78. The number of nitrogens with zero attached hydrogens (tertiary/aromatic N) is 3. The first-order valence-electron chi connectivity index (χ1n) is 6.21. The van der Waals surface area contributed by atoms with Gasteiger partial charge >= 0.3 is 0 Å². The van der Waals surface area contributed by atoms with E-state index in [2.05, 4.69) is 4.98 Å². The Balaban J connectivity index is 1.97. The van der Waals surface area contributed by atoms with Gasteiger partial charge in [-0.2, -0.15) is 0 Å². The van der Waals surface area contributed by atoms with Gasteiger partial charge in [-0.25, -0.2) is 4.98 Å². The third-order valence-corrected chi connectivity index (χ3v) is 3.49. The van der Waals surface area contributed by atoms with Crippen LogP contribution < -0.4 is 0 Å². The number of amides is 1. The molecule has 5 heteroatoms. The second-order valence-corrected chi connectivity index (χ2v) is 4.84. The number of rotatable bonds is 2. The molecule has 19 heavy (non-hydrogen) atoms. The first-order chi connectivity index (χ1) is 9.15. The van der Waals surface area contributed by atoms with Gasteiger partial charge in [0, 0.05) is 38.0 Å². The van der Waals surface area contributed by atoms with Gasteiger partial charge in [-0.15, -0.1) is 0 Å². The molecular weight excluding hydrogens is 242 g/mol. The van der Waals surface area contributed by atoms with Crippen LogP contribution in [0.2, 0.25) is 0 Å². The molecule has 1 atom stereocenters. The molecule has 0 radical (unpaired) electrons. The van der Waals surface area contributed by atoms with Crippen LogP contribution in [0.4, 0.5) is 0 Å². The van der Waals surface area contributed by atoms with Crippen LogP contribution in [0.1, 0.15) is 12.5 Å². The molecule has 1 unspecified atom stereocenters. The third kappa shape index (κ3) is 2.07. The lowest BCUT2D eigenvalue weighted by Gasteiger charge is -2.15. The lowest BCUT2D eigenvalue weighted by atomic mass is 10.2. The first kappa shape index (κ1) is 11.8. The highest BCUT2D eigenvalue weighted by atomic mass is 16.3. The molecule has 1 saturated heterocycles. The standard InChI is InChI=1S/C14H15N3O2/c1-16-9-11(8-13(16)19)17-6-5-15-14(17)10-3-2-4-12(18)7-10/h2-7,11,18H,8-9H2,1H3. The fourth-order valence-corrected chi connectivity index (χ4v) is 2.50. The lowest BCUT2D eigenvalue weighted by Crippen LogP contribution is -2.19. The van der Waals surface area contributed by atoms with Crippen LogP contribution >= 0.6 is 0 Å². The van der Waals surface area contributed by atoms with E-state index in [4.69, 9.17) is 0 Å². The smallest absolute Gasteiger partial charge is 0.224 e. The van der Waals surface area contributed by atoms with Crippen molar-refractivity contribution in [1.29, 1.82) is 0 Å². The summed E-state index contributed by atoms with van der Waals surface area (Å²) in [5, 5.41) is 9.55. The fourth-order valence-electron chi connectivity index (χ4n) is 2.50. The molecule has 1 fully saturated rings. The van der Waals surface area contributed by atoms with Gasteiger partial charge in [-0.1, -0.05) is 12.1 Å². The van der Waals surface area contributed by atoms with E-state index in [1.165, 1.54) is 0 Å². The average Bonchev–Trinajstić information content (AvgIpc) is 2.97. The number of likely N-dealkylation sites (N-methyl/N-ethyl adjacent to an activating group) is 1. The molecule has 0 saturated carbocycles. The molecule has 1 amide bonds. The van der Waals surface area contributed by atoms with E-state index >= 15 is 0 Å². The number of phenols is 1. The number of aromatic nitrogens is 2. The summed E-state index contributed by atoms with van der Waals surface area (Å²) in [6.07, 6.45) is 4.11. The van der Waals surface area contributed by atoms with E-state index in [9.17, 15) is 9.90 Å². The van der Waals surface area contributed by atoms with Crippen LogP contribution in [0.15, 0.2) is 36.7 Å². The van der Waals surface area contributed by atoms with Crippen molar-refractivity contribution in [3.8, 4) is 17.1 Å². The number of phenolic OH excluding ortho intramolecular Hbond substituents is 1. The monoisotopic (exact) mass is 257 g/mol. The van der Waals surface area contributed by atoms with Crippen LogP contribution in [0.25, 0.3) is 11.4 Å². The number of aromatic hydroxyl groups is 1. The van der Waals surface area contributed by atoms with Crippen molar-refractivity contribution in [3.63, 3.8) is 0 Å². The second kappa shape index (κ2) is 4.42. The van der Waals surface area contributed by atoms with Gasteiger partial charge in [-0.05, 0) is 12.1 Å². The van der Waals surface area contributed by atoms with Gasteiger partial charge in [-0.3, -0.25) is 4.79 Å². The second-order valence-electron chi connectivity index (χ2n) is 4.84. The number of carbonyl (C=O) groups excluding carboxylic acids is 1.